The molecule has 0 aromatic heterocycles. The summed E-state index contributed by atoms with van der Waals surface area (Å²) in [5.41, 5.74) is -7.44. The van der Waals surface area contributed by atoms with E-state index >= 15 is 4.79 Å². The lowest BCUT2D eigenvalue weighted by atomic mass is 9.71. The maximum absolute atomic E-state index is 15.0. The summed E-state index contributed by atoms with van der Waals surface area (Å²) < 4.78 is 35.3. The third-order valence-electron chi connectivity index (χ3n) is 10.0. The van der Waals surface area contributed by atoms with Gasteiger partial charge in [0.15, 0.2) is 24.1 Å². The van der Waals surface area contributed by atoms with Crippen molar-refractivity contribution in [3.63, 3.8) is 0 Å². The van der Waals surface area contributed by atoms with Crippen LogP contribution in [-0.4, -0.2) is 99.6 Å². The van der Waals surface area contributed by atoms with Crippen LogP contribution in [0.5, 0.6) is 0 Å². The molecule has 15 nitrogen and oxygen atoms in total. The molecule has 2 aromatic carbocycles. The Morgan fingerprint density at radius 1 is 0.667 bits per heavy atom. The first-order chi connectivity index (χ1) is 26.6. The highest BCUT2D eigenvalue weighted by Crippen LogP contribution is 2.53. The zero-order valence-electron chi connectivity index (χ0n) is 33.0. The van der Waals surface area contributed by atoms with Crippen LogP contribution in [0.4, 0.5) is 0 Å². The summed E-state index contributed by atoms with van der Waals surface area (Å²) in [4.78, 5) is 94.7. The SMILES string of the molecule is C=C1[C@H](OC(=O)c2ccccc2)[C@@H](OC(C)=O)[C@@H](OC(C)=O)C(C)(C)/C=C/[C@H](C)C(=O)[C@]2(OC(C)=O)[C@H]([C@@H](OC(C)=O)[C@](C)(O)[C@H]2O)[C@H]1OC(=O)c1ccccc1. The highest BCUT2D eigenvalue weighted by molar-refractivity contribution is 5.95. The third kappa shape index (κ3) is 9.15. The second kappa shape index (κ2) is 17.2. The molecule has 0 unspecified atom stereocenters. The highest BCUT2D eigenvalue weighted by Gasteiger charge is 2.76. The molecule has 2 N–H and O–H groups in total. The Balaban J connectivity index is 2.20. The molecule has 0 saturated heterocycles. The predicted octanol–water partition coefficient (Wildman–Crippen LogP) is 3.63. The molecule has 2 aliphatic carbocycles. The van der Waals surface area contributed by atoms with Gasteiger partial charge in [0.05, 0.1) is 17.0 Å². The Kier molecular flexibility index (Phi) is 13.3. The molecular weight excluding hydrogens is 744 g/mol. The number of fused-ring (bicyclic) bond motifs is 1. The first kappa shape index (κ1) is 44.0. The Morgan fingerprint density at radius 3 is 1.58 bits per heavy atom. The van der Waals surface area contributed by atoms with Gasteiger partial charge in [0, 0.05) is 44.6 Å². The van der Waals surface area contributed by atoms with Crippen molar-refractivity contribution in [2.45, 2.75) is 103 Å². The average Bonchev–Trinajstić information content (AvgIpc) is 3.29. The van der Waals surface area contributed by atoms with Crippen molar-refractivity contribution in [3.05, 3.63) is 96.1 Å². The maximum Gasteiger partial charge on any atom is 0.338 e. The summed E-state index contributed by atoms with van der Waals surface area (Å²) in [5.74, 6) is -10.5. The van der Waals surface area contributed by atoms with Gasteiger partial charge in [-0.05, 0) is 31.2 Å². The number of benzene rings is 2. The van der Waals surface area contributed by atoms with Crippen LogP contribution in [0.1, 0.15) is 76.1 Å². The quantitative estimate of drug-likeness (QED) is 0.222. The van der Waals surface area contributed by atoms with E-state index in [2.05, 4.69) is 6.58 Å². The van der Waals surface area contributed by atoms with Gasteiger partial charge in [0.1, 0.15) is 23.9 Å². The molecule has 0 radical (unpaired) electrons. The van der Waals surface area contributed by atoms with Crippen LogP contribution >= 0.6 is 0 Å². The minimum atomic E-state index is -2.88. The van der Waals surface area contributed by atoms with Crippen molar-refractivity contribution < 1.29 is 72.2 Å². The second-order valence-electron chi connectivity index (χ2n) is 15.0. The van der Waals surface area contributed by atoms with Crippen molar-refractivity contribution in [2.75, 3.05) is 0 Å². The fraction of sp³-hybridized carbons (Fsp3) is 0.452. The minimum absolute atomic E-state index is 0.00529. The summed E-state index contributed by atoms with van der Waals surface area (Å²) in [7, 11) is 0. The van der Waals surface area contributed by atoms with E-state index in [1.807, 2.05) is 0 Å². The lowest BCUT2D eigenvalue weighted by molar-refractivity contribution is -0.196. The van der Waals surface area contributed by atoms with Gasteiger partial charge < -0.3 is 38.6 Å². The van der Waals surface area contributed by atoms with Crippen LogP contribution in [0.25, 0.3) is 0 Å². The molecule has 0 aliphatic heterocycles. The number of allylic oxidation sites excluding steroid dienone is 1. The van der Waals surface area contributed by atoms with Crippen LogP contribution in [0.15, 0.2) is 85.0 Å². The van der Waals surface area contributed by atoms with Crippen molar-refractivity contribution in [1.82, 2.24) is 0 Å². The number of carbonyl (C=O) groups is 7. The smallest absolute Gasteiger partial charge is 0.338 e. The number of esters is 6. The highest BCUT2D eigenvalue weighted by atomic mass is 16.6. The molecule has 0 heterocycles. The van der Waals surface area contributed by atoms with Crippen molar-refractivity contribution >= 4 is 41.6 Å². The zero-order valence-corrected chi connectivity index (χ0v) is 33.0. The Bertz CT molecular complexity index is 1920. The summed E-state index contributed by atoms with van der Waals surface area (Å²) in [6.45, 7) is 13.8. The largest absolute Gasteiger partial charge is 0.459 e. The van der Waals surface area contributed by atoms with Crippen LogP contribution in [0.3, 0.4) is 0 Å². The number of aliphatic hydroxyl groups excluding tert-OH is 1. The first-order valence-corrected chi connectivity index (χ1v) is 18.1. The topological polar surface area (TPSA) is 215 Å². The van der Waals surface area contributed by atoms with Gasteiger partial charge in [0.2, 0.25) is 5.60 Å². The number of ketones is 1. The molecule has 10 atom stereocenters. The van der Waals surface area contributed by atoms with Crippen molar-refractivity contribution in [3.8, 4) is 0 Å². The Morgan fingerprint density at radius 2 is 1.12 bits per heavy atom. The van der Waals surface area contributed by atoms with Crippen LogP contribution < -0.4 is 0 Å². The second-order valence-corrected chi connectivity index (χ2v) is 15.0. The third-order valence-corrected chi connectivity index (χ3v) is 10.0. The molecule has 4 rings (SSSR count). The lowest BCUT2D eigenvalue weighted by Gasteiger charge is -2.45. The molecule has 2 aliphatic rings. The Hall–Kier alpha value is -5.67. The van der Waals surface area contributed by atoms with Gasteiger partial charge in [0.25, 0.3) is 0 Å². The van der Waals surface area contributed by atoms with Gasteiger partial charge in [-0.15, -0.1) is 0 Å². The van der Waals surface area contributed by atoms with Gasteiger partial charge in [-0.25, -0.2) is 9.59 Å². The first-order valence-electron chi connectivity index (χ1n) is 18.1. The van der Waals surface area contributed by atoms with E-state index in [0.29, 0.717) is 0 Å². The van der Waals surface area contributed by atoms with E-state index in [-0.39, 0.29) is 11.1 Å². The molecule has 1 fully saturated rings. The maximum atomic E-state index is 15.0. The molecular formula is C42H48O15. The molecule has 57 heavy (non-hydrogen) atoms. The predicted molar refractivity (Wildman–Crippen MR) is 199 cm³/mol. The number of hydrogen-bond acceptors (Lipinski definition) is 15. The minimum Gasteiger partial charge on any atom is -0.459 e. The van der Waals surface area contributed by atoms with E-state index in [0.717, 1.165) is 34.6 Å². The Labute approximate surface area is 329 Å². The molecule has 2 aromatic rings. The number of carbonyl (C=O) groups excluding carboxylic acids is 7. The number of Topliss-reactive ketones (excluding diaryl/α,β-unsaturated/α-hetero) is 1. The van der Waals surface area contributed by atoms with Gasteiger partial charge in [-0.2, -0.15) is 0 Å². The number of hydrogen-bond donors (Lipinski definition) is 2. The summed E-state index contributed by atoms with van der Waals surface area (Å²) in [5, 5.41) is 24.2. The summed E-state index contributed by atoms with van der Waals surface area (Å²) in [6, 6.07) is 15.0. The van der Waals surface area contributed by atoms with Crippen LogP contribution in [0.2, 0.25) is 0 Å². The van der Waals surface area contributed by atoms with Crippen molar-refractivity contribution in [1.29, 1.82) is 0 Å². The zero-order chi connectivity index (χ0) is 42.6. The summed E-state index contributed by atoms with van der Waals surface area (Å²) >= 11 is 0. The van der Waals surface area contributed by atoms with E-state index in [1.165, 1.54) is 55.5 Å². The fourth-order valence-electron chi connectivity index (χ4n) is 7.46. The standard InChI is InChI=1S/C42H48O15/c1-22-20-21-40(7,8)36(54-26(5)45)33(52-24(3)43)32(56-38(49)29-18-14-11-15-19-29)23(2)31(55-37(48)28-16-12-10-13-17-28)30-35(53-25(4)44)41(9,51)39(50)42(30,34(22)47)57-27(6)46/h10-22,30-33,35-36,39,50-51H,2H2,1,3-9H3/b21-20+/t22-,30-,31-,32-,33+,35+,36+,39+,41-,42+/m0/s1. The lowest BCUT2D eigenvalue weighted by Crippen LogP contribution is -2.62. The molecule has 306 valence electrons. The number of ether oxygens (including phenoxy) is 6. The van der Waals surface area contributed by atoms with Crippen LogP contribution in [0, 0.1) is 17.3 Å². The summed E-state index contributed by atoms with van der Waals surface area (Å²) in [6.07, 6.45) is -8.98. The molecule has 0 amide bonds. The van der Waals surface area contributed by atoms with Gasteiger partial charge >= 0.3 is 35.8 Å². The molecule has 0 spiro atoms. The van der Waals surface area contributed by atoms with E-state index in [4.69, 9.17) is 28.4 Å². The van der Waals surface area contributed by atoms with Crippen LogP contribution in [-0.2, 0) is 52.4 Å². The average molecular weight is 793 g/mol. The number of aliphatic hydroxyl groups is 2. The monoisotopic (exact) mass is 792 g/mol. The normalized spacial score (nSPS) is 31.5. The van der Waals surface area contributed by atoms with E-state index in [9.17, 15) is 39.0 Å². The van der Waals surface area contributed by atoms with E-state index in [1.54, 1.807) is 38.1 Å². The number of rotatable bonds is 8. The van der Waals surface area contributed by atoms with E-state index < -0.39 is 112 Å². The molecule has 15 heteroatoms. The molecule has 1 saturated carbocycles. The fourth-order valence-corrected chi connectivity index (χ4v) is 7.46. The molecule has 0 bridgehead atoms. The van der Waals surface area contributed by atoms with Gasteiger partial charge in [-0.1, -0.05) is 75.9 Å². The van der Waals surface area contributed by atoms with Crippen molar-refractivity contribution in [2.24, 2.45) is 17.3 Å². The van der Waals surface area contributed by atoms with Gasteiger partial charge in [-0.3, -0.25) is 24.0 Å².